The summed E-state index contributed by atoms with van der Waals surface area (Å²) in [5.41, 5.74) is -1.84. The minimum atomic E-state index is -4.96. The number of nitrogens with zero attached hydrogens (tertiary/aromatic N) is 5. The normalized spacial score (nSPS) is 20.1. The molecule has 40 heavy (non-hydrogen) atoms. The van der Waals surface area contributed by atoms with E-state index in [4.69, 9.17) is 0 Å². The molecule has 0 N–H and O–H groups in total. The largest absolute Gasteiger partial charge is 0.416 e. The van der Waals surface area contributed by atoms with Gasteiger partial charge in [0.05, 0.1) is 34.3 Å². The van der Waals surface area contributed by atoms with E-state index in [0.717, 1.165) is 32.2 Å². The summed E-state index contributed by atoms with van der Waals surface area (Å²) in [6.45, 7) is 3.19. The second-order valence-corrected chi connectivity index (χ2v) is 11.1. The molecule has 3 heterocycles. The van der Waals surface area contributed by atoms with Gasteiger partial charge in [-0.2, -0.15) is 36.4 Å². The quantitative estimate of drug-likeness (QED) is 0.286. The number of hydrogen-bond donors (Lipinski definition) is 0. The molecule has 3 aromatic rings. The SMILES string of the molecule is O=C1N=C(N2CCN(C3CC3)CC2)S/C1=C\c1ccc2c(cnn2Cc2ccc(C(F)(F)F)cc2C(F)(F)F)c1. The number of benzene rings is 2. The number of alkyl halides is 6. The molecular weight excluding hydrogens is 556 g/mol. The second kappa shape index (κ2) is 9.95. The van der Waals surface area contributed by atoms with Crippen molar-refractivity contribution in [3.8, 4) is 0 Å². The van der Waals surface area contributed by atoms with Gasteiger partial charge in [0.1, 0.15) is 0 Å². The molecule has 1 saturated carbocycles. The molecule has 1 saturated heterocycles. The van der Waals surface area contributed by atoms with Gasteiger partial charge in [0.15, 0.2) is 5.17 Å². The summed E-state index contributed by atoms with van der Waals surface area (Å²) in [7, 11) is 0. The van der Waals surface area contributed by atoms with Crippen LogP contribution in [0.5, 0.6) is 0 Å². The Kier molecular flexibility index (Phi) is 6.68. The van der Waals surface area contributed by atoms with Crippen LogP contribution < -0.4 is 0 Å². The smallest absolute Gasteiger partial charge is 0.348 e. The van der Waals surface area contributed by atoms with E-state index in [0.29, 0.717) is 38.6 Å². The van der Waals surface area contributed by atoms with Gasteiger partial charge >= 0.3 is 12.4 Å². The van der Waals surface area contributed by atoms with Crippen molar-refractivity contribution in [2.24, 2.45) is 4.99 Å². The average molecular weight is 580 g/mol. The van der Waals surface area contributed by atoms with Gasteiger partial charge in [-0.1, -0.05) is 12.1 Å². The van der Waals surface area contributed by atoms with Crippen LogP contribution in [0.25, 0.3) is 17.0 Å². The van der Waals surface area contributed by atoms with Crippen LogP contribution in [0.2, 0.25) is 0 Å². The average Bonchev–Trinajstić information content (AvgIpc) is 3.59. The van der Waals surface area contributed by atoms with E-state index in [1.165, 1.54) is 35.5 Å². The summed E-state index contributed by atoms with van der Waals surface area (Å²) in [4.78, 5) is 21.9. The van der Waals surface area contributed by atoms with Gasteiger partial charge in [-0.05, 0) is 66.1 Å². The second-order valence-electron chi connectivity index (χ2n) is 10.1. The van der Waals surface area contributed by atoms with Crippen LogP contribution in [-0.2, 0) is 23.7 Å². The van der Waals surface area contributed by atoms with E-state index in [1.807, 2.05) is 0 Å². The number of carbonyl (C=O) groups excluding carboxylic acids is 1. The minimum absolute atomic E-state index is 0.130. The molecule has 0 radical (unpaired) electrons. The third kappa shape index (κ3) is 5.49. The van der Waals surface area contributed by atoms with Crippen molar-refractivity contribution < 1.29 is 31.1 Å². The van der Waals surface area contributed by atoms with Crippen LogP contribution in [0, 0.1) is 0 Å². The fourth-order valence-corrected chi connectivity index (χ4v) is 6.00. The van der Waals surface area contributed by atoms with E-state index < -0.39 is 23.5 Å². The van der Waals surface area contributed by atoms with Crippen molar-refractivity contribution in [3.05, 3.63) is 69.8 Å². The molecule has 6 rings (SSSR count). The number of hydrogen-bond acceptors (Lipinski definition) is 5. The lowest BCUT2D eigenvalue weighted by molar-refractivity contribution is -0.143. The Hall–Kier alpha value is -3.32. The molecule has 1 aliphatic carbocycles. The zero-order valence-corrected chi connectivity index (χ0v) is 21.8. The van der Waals surface area contributed by atoms with Crippen LogP contribution in [0.3, 0.4) is 0 Å². The van der Waals surface area contributed by atoms with Crippen molar-refractivity contribution >= 4 is 39.8 Å². The maximum absolute atomic E-state index is 13.6. The predicted octanol–water partition coefficient (Wildman–Crippen LogP) is 5.87. The maximum Gasteiger partial charge on any atom is 0.416 e. The third-order valence-electron chi connectivity index (χ3n) is 7.28. The van der Waals surface area contributed by atoms with E-state index in [1.54, 1.807) is 24.3 Å². The molecule has 2 fully saturated rings. The Morgan fingerprint density at radius 3 is 2.38 bits per heavy atom. The summed E-state index contributed by atoms with van der Waals surface area (Å²) >= 11 is 1.33. The van der Waals surface area contributed by atoms with Gasteiger partial charge in [-0.25, -0.2) is 0 Å². The summed E-state index contributed by atoms with van der Waals surface area (Å²) in [6, 6.07) is 7.44. The van der Waals surface area contributed by atoms with Crippen LogP contribution in [0.4, 0.5) is 26.3 Å². The summed E-state index contributed by atoms with van der Waals surface area (Å²) < 4.78 is 81.1. The highest BCUT2D eigenvalue weighted by molar-refractivity contribution is 8.18. The molecule has 210 valence electrons. The predicted molar refractivity (Wildman–Crippen MR) is 139 cm³/mol. The molecule has 0 bridgehead atoms. The molecule has 0 spiro atoms. The Balaban J connectivity index is 1.18. The topological polar surface area (TPSA) is 53.7 Å². The van der Waals surface area contributed by atoms with Crippen molar-refractivity contribution in [3.63, 3.8) is 0 Å². The van der Waals surface area contributed by atoms with Crippen LogP contribution in [0.15, 0.2) is 52.5 Å². The first-order valence-electron chi connectivity index (χ1n) is 12.7. The van der Waals surface area contributed by atoms with Gasteiger partial charge < -0.3 is 4.90 Å². The number of rotatable bonds is 4. The van der Waals surface area contributed by atoms with Crippen molar-refractivity contribution in [2.75, 3.05) is 26.2 Å². The lowest BCUT2D eigenvalue weighted by atomic mass is 10.0. The van der Waals surface area contributed by atoms with E-state index in [-0.39, 0.29) is 24.1 Å². The minimum Gasteiger partial charge on any atom is -0.348 e. The Bertz CT molecular complexity index is 1530. The number of aliphatic imine (C=N–C) groups is 1. The highest BCUT2D eigenvalue weighted by Crippen LogP contribution is 2.38. The zero-order chi connectivity index (χ0) is 28.2. The third-order valence-corrected chi connectivity index (χ3v) is 8.33. The summed E-state index contributed by atoms with van der Waals surface area (Å²) in [5.74, 6) is -0.317. The van der Waals surface area contributed by atoms with E-state index >= 15 is 0 Å². The van der Waals surface area contributed by atoms with Gasteiger partial charge in [0.2, 0.25) is 0 Å². The maximum atomic E-state index is 13.6. The Morgan fingerprint density at radius 1 is 0.950 bits per heavy atom. The standard InChI is InChI=1S/C27H23F6N5OS/c28-26(29,30)19-3-2-17(21(13-19)27(31,32)33)15-38-22-6-1-16(11-18(22)14-34-38)12-23-24(39)35-25(40-23)37-9-7-36(8-10-37)20-4-5-20/h1-3,6,11-14,20H,4-5,7-10,15H2/b23-12-. The highest BCUT2D eigenvalue weighted by Gasteiger charge is 2.38. The van der Waals surface area contributed by atoms with Crippen molar-refractivity contribution in [2.45, 2.75) is 37.8 Å². The lowest BCUT2D eigenvalue weighted by Crippen LogP contribution is -2.48. The molecular formula is C27H23F6N5OS. The molecule has 2 aliphatic heterocycles. The fraction of sp³-hybridized carbons (Fsp3) is 0.370. The summed E-state index contributed by atoms with van der Waals surface area (Å²) in [5, 5.41) is 5.48. The van der Waals surface area contributed by atoms with E-state index in [9.17, 15) is 31.1 Å². The zero-order valence-electron chi connectivity index (χ0n) is 21.0. The monoisotopic (exact) mass is 579 g/mol. The number of aromatic nitrogens is 2. The number of thioether (sulfide) groups is 1. The van der Waals surface area contributed by atoms with Gasteiger partial charge in [0.25, 0.3) is 5.91 Å². The highest BCUT2D eigenvalue weighted by atomic mass is 32.2. The van der Waals surface area contributed by atoms with Crippen LogP contribution in [-0.4, -0.2) is 62.9 Å². The Morgan fingerprint density at radius 2 is 1.70 bits per heavy atom. The van der Waals surface area contributed by atoms with Crippen LogP contribution >= 0.6 is 11.8 Å². The molecule has 0 unspecified atom stereocenters. The van der Waals surface area contributed by atoms with Crippen molar-refractivity contribution in [1.29, 1.82) is 0 Å². The summed E-state index contributed by atoms with van der Waals surface area (Å²) in [6.07, 6.45) is -4.15. The first-order valence-corrected chi connectivity index (χ1v) is 13.5. The molecule has 2 aromatic carbocycles. The fourth-order valence-electron chi connectivity index (χ4n) is 5.04. The van der Waals surface area contributed by atoms with Gasteiger partial charge in [-0.3, -0.25) is 14.4 Å². The molecule has 3 aliphatic rings. The first-order chi connectivity index (χ1) is 19.0. The molecule has 6 nitrogen and oxygen atoms in total. The number of piperazine rings is 1. The number of carbonyl (C=O) groups is 1. The van der Waals surface area contributed by atoms with Gasteiger partial charge in [-0.15, -0.1) is 0 Å². The van der Waals surface area contributed by atoms with Gasteiger partial charge in [0, 0.05) is 37.6 Å². The Labute approximate surface area is 229 Å². The molecule has 0 atom stereocenters. The molecule has 1 amide bonds. The molecule has 1 aromatic heterocycles. The van der Waals surface area contributed by atoms with Crippen molar-refractivity contribution in [1.82, 2.24) is 19.6 Å². The molecule has 13 heteroatoms. The lowest BCUT2D eigenvalue weighted by Gasteiger charge is -2.35. The van der Waals surface area contributed by atoms with Crippen LogP contribution in [0.1, 0.15) is 35.1 Å². The first kappa shape index (κ1) is 26.9. The number of fused-ring (bicyclic) bond motifs is 1. The number of halogens is 6. The number of amides is 1. The van der Waals surface area contributed by atoms with E-state index in [2.05, 4.69) is 19.9 Å². The number of amidine groups is 1.